The second-order valence-electron chi connectivity index (χ2n) is 3.13. The van der Waals surface area contributed by atoms with Crippen LogP contribution >= 0.6 is 23.2 Å². The number of benzene rings is 1. The topological polar surface area (TPSA) is 83.6 Å². The van der Waals surface area contributed by atoms with Crippen molar-refractivity contribution in [3.63, 3.8) is 0 Å². The predicted octanol–water partition coefficient (Wildman–Crippen LogP) is 1.44. The molecule has 88 valence electrons. The van der Waals surface area contributed by atoms with Gasteiger partial charge in [0.2, 0.25) is 0 Å². The van der Waals surface area contributed by atoms with Crippen LogP contribution in [0.2, 0.25) is 10.0 Å². The van der Waals surface area contributed by atoms with Gasteiger partial charge in [-0.2, -0.15) is 5.21 Å². The van der Waals surface area contributed by atoms with Crippen LogP contribution in [0.3, 0.4) is 0 Å². The maximum absolute atomic E-state index is 11.7. The van der Waals surface area contributed by atoms with Crippen LogP contribution in [-0.4, -0.2) is 26.5 Å². The highest BCUT2D eigenvalue weighted by molar-refractivity contribution is 6.36. The zero-order chi connectivity index (χ0) is 12.3. The number of rotatable bonds is 3. The number of tetrazole rings is 1. The maximum atomic E-state index is 11.7. The highest BCUT2D eigenvalue weighted by Gasteiger charge is 2.11. The number of carbonyl (C=O) groups excluding carboxylic acids is 1. The fourth-order valence-corrected chi connectivity index (χ4v) is 1.68. The third-order valence-electron chi connectivity index (χ3n) is 1.97. The number of aromatic amines is 1. The smallest absolute Gasteiger partial charge is 0.253 e. The number of aromatic nitrogens is 4. The Labute approximate surface area is 106 Å². The van der Waals surface area contributed by atoms with E-state index in [0.717, 1.165) is 0 Å². The van der Waals surface area contributed by atoms with Crippen molar-refractivity contribution in [1.82, 2.24) is 25.9 Å². The van der Waals surface area contributed by atoms with Crippen LogP contribution in [0, 0.1) is 0 Å². The lowest BCUT2D eigenvalue weighted by atomic mass is 10.2. The molecule has 17 heavy (non-hydrogen) atoms. The monoisotopic (exact) mass is 271 g/mol. The zero-order valence-electron chi connectivity index (χ0n) is 8.44. The van der Waals surface area contributed by atoms with Crippen LogP contribution in [0.4, 0.5) is 0 Å². The van der Waals surface area contributed by atoms with Crippen molar-refractivity contribution in [3.8, 4) is 0 Å². The molecule has 0 aliphatic carbocycles. The molecule has 6 nitrogen and oxygen atoms in total. The van der Waals surface area contributed by atoms with E-state index in [1.54, 1.807) is 12.1 Å². The molecule has 0 saturated heterocycles. The molecule has 2 aromatic rings. The summed E-state index contributed by atoms with van der Waals surface area (Å²) in [6.07, 6.45) is 0. The lowest BCUT2D eigenvalue weighted by Crippen LogP contribution is -2.23. The lowest BCUT2D eigenvalue weighted by molar-refractivity contribution is 0.0950. The first-order valence-corrected chi connectivity index (χ1v) is 5.38. The molecule has 0 radical (unpaired) electrons. The molecule has 0 aliphatic rings. The standard InChI is InChI=1S/C9H7Cl2N5O/c10-5-1-2-6(7(11)3-5)9(17)12-4-8-13-15-16-14-8/h1-3H,4H2,(H,12,17)(H,13,14,15,16). The van der Waals surface area contributed by atoms with Crippen LogP contribution < -0.4 is 5.32 Å². The first-order valence-electron chi connectivity index (χ1n) is 4.62. The molecule has 0 bridgehead atoms. The molecule has 0 fully saturated rings. The van der Waals surface area contributed by atoms with E-state index in [9.17, 15) is 4.79 Å². The Balaban J connectivity index is 2.04. The third kappa shape index (κ3) is 2.92. The molecule has 1 amide bonds. The van der Waals surface area contributed by atoms with Crippen molar-refractivity contribution in [2.75, 3.05) is 0 Å². The van der Waals surface area contributed by atoms with Crippen molar-refractivity contribution in [3.05, 3.63) is 39.6 Å². The van der Waals surface area contributed by atoms with Gasteiger partial charge in [-0.3, -0.25) is 4.79 Å². The Bertz CT molecular complexity index is 528. The molecule has 1 heterocycles. The fraction of sp³-hybridized carbons (Fsp3) is 0.111. The maximum Gasteiger partial charge on any atom is 0.253 e. The average Bonchev–Trinajstić information content (AvgIpc) is 2.78. The molecule has 1 aromatic heterocycles. The van der Waals surface area contributed by atoms with Crippen LogP contribution in [0.25, 0.3) is 0 Å². The van der Waals surface area contributed by atoms with Crippen molar-refractivity contribution in [2.24, 2.45) is 0 Å². The van der Waals surface area contributed by atoms with Gasteiger partial charge in [0.1, 0.15) is 0 Å². The number of nitrogens with zero attached hydrogens (tertiary/aromatic N) is 3. The molecule has 8 heteroatoms. The van der Waals surface area contributed by atoms with Gasteiger partial charge >= 0.3 is 0 Å². The normalized spacial score (nSPS) is 10.2. The summed E-state index contributed by atoms with van der Waals surface area (Å²) in [7, 11) is 0. The third-order valence-corrected chi connectivity index (χ3v) is 2.52. The SMILES string of the molecule is O=C(NCc1nn[nH]n1)c1ccc(Cl)cc1Cl. The van der Waals surface area contributed by atoms with Crippen LogP contribution in [0.15, 0.2) is 18.2 Å². The van der Waals surface area contributed by atoms with Gasteiger partial charge in [0, 0.05) is 5.02 Å². The molecule has 2 rings (SSSR count). The van der Waals surface area contributed by atoms with Crippen molar-refractivity contribution >= 4 is 29.1 Å². The molecule has 2 N–H and O–H groups in total. The number of halogens is 2. The summed E-state index contributed by atoms with van der Waals surface area (Å²) in [5.74, 6) is 0.0694. The quantitative estimate of drug-likeness (QED) is 0.885. The first-order chi connectivity index (χ1) is 8.16. The summed E-state index contributed by atoms with van der Waals surface area (Å²) >= 11 is 11.6. The van der Waals surface area contributed by atoms with E-state index in [1.165, 1.54) is 6.07 Å². The Morgan fingerprint density at radius 3 is 2.88 bits per heavy atom. The molecule has 0 unspecified atom stereocenters. The molecular weight excluding hydrogens is 265 g/mol. The van der Waals surface area contributed by atoms with Gasteiger partial charge in [-0.25, -0.2) is 0 Å². The van der Waals surface area contributed by atoms with Crippen LogP contribution in [0.1, 0.15) is 16.2 Å². The van der Waals surface area contributed by atoms with Crippen molar-refractivity contribution < 1.29 is 4.79 Å². The van der Waals surface area contributed by atoms with E-state index < -0.39 is 0 Å². The summed E-state index contributed by atoms with van der Waals surface area (Å²) in [6.45, 7) is 0.175. The Hall–Kier alpha value is -1.66. The molecular formula is C9H7Cl2N5O. The summed E-state index contributed by atoms with van der Waals surface area (Å²) in [6, 6.07) is 4.65. The van der Waals surface area contributed by atoms with Gasteiger partial charge in [-0.05, 0) is 18.2 Å². The average molecular weight is 272 g/mol. The Morgan fingerprint density at radius 1 is 1.41 bits per heavy atom. The highest BCUT2D eigenvalue weighted by Crippen LogP contribution is 2.20. The van der Waals surface area contributed by atoms with E-state index in [0.29, 0.717) is 21.4 Å². The minimum absolute atomic E-state index is 0.175. The first kappa shape index (κ1) is 11.8. The van der Waals surface area contributed by atoms with E-state index in [4.69, 9.17) is 23.2 Å². The van der Waals surface area contributed by atoms with Crippen molar-refractivity contribution in [1.29, 1.82) is 0 Å². The number of carbonyl (C=O) groups is 1. The summed E-state index contributed by atoms with van der Waals surface area (Å²) in [5, 5.41) is 16.4. The molecule has 0 spiro atoms. The lowest BCUT2D eigenvalue weighted by Gasteiger charge is -2.04. The zero-order valence-corrected chi connectivity index (χ0v) is 9.96. The van der Waals surface area contributed by atoms with Gasteiger partial charge in [-0.15, -0.1) is 10.2 Å². The summed E-state index contributed by atoms with van der Waals surface area (Å²) < 4.78 is 0. The summed E-state index contributed by atoms with van der Waals surface area (Å²) in [5.41, 5.74) is 0.347. The number of H-pyrrole nitrogens is 1. The summed E-state index contributed by atoms with van der Waals surface area (Å²) in [4.78, 5) is 11.7. The van der Waals surface area contributed by atoms with Gasteiger partial charge in [0.15, 0.2) is 5.82 Å². The number of nitrogens with one attached hydrogen (secondary N) is 2. The number of amides is 1. The molecule has 0 atom stereocenters. The van der Waals surface area contributed by atoms with E-state index in [1.807, 2.05) is 0 Å². The Morgan fingerprint density at radius 2 is 2.24 bits per heavy atom. The largest absolute Gasteiger partial charge is 0.345 e. The van der Waals surface area contributed by atoms with E-state index >= 15 is 0 Å². The minimum Gasteiger partial charge on any atom is -0.345 e. The van der Waals surface area contributed by atoms with Gasteiger partial charge in [-0.1, -0.05) is 28.4 Å². The number of hydrogen-bond acceptors (Lipinski definition) is 4. The Kier molecular flexibility index (Phi) is 3.55. The van der Waals surface area contributed by atoms with Gasteiger partial charge in [0.05, 0.1) is 17.1 Å². The van der Waals surface area contributed by atoms with Crippen LogP contribution in [-0.2, 0) is 6.54 Å². The van der Waals surface area contributed by atoms with E-state index in [-0.39, 0.29) is 12.5 Å². The number of hydrogen-bond donors (Lipinski definition) is 2. The van der Waals surface area contributed by atoms with Crippen molar-refractivity contribution in [2.45, 2.75) is 6.54 Å². The second-order valence-corrected chi connectivity index (χ2v) is 3.98. The predicted molar refractivity (Wildman–Crippen MR) is 61.8 cm³/mol. The second kappa shape index (κ2) is 5.11. The molecule has 0 aliphatic heterocycles. The van der Waals surface area contributed by atoms with Crippen LogP contribution in [0.5, 0.6) is 0 Å². The minimum atomic E-state index is -0.323. The fourth-order valence-electron chi connectivity index (χ4n) is 1.19. The molecule has 0 saturated carbocycles. The van der Waals surface area contributed by atoms with Gasteiger partial charge < -0.3 is 5.32 Å². The highest BCUT2D eigenvalue weighted by atomic mass is 35.5. The molecule has 1 aromatic carbocycles. The van der Waals surface area contributed by atoms with E-state index in [2.05, 4.69) is 25.9 Å². The van der Waals surface area contributed by atoms with Gasteiger partial charge in [0.25, 0.3) is 5.91 Å².